The molecule has 1 N–H and O–H groups in total. The fourth-order valence-electron chi connectivity index (χ4n) is 3.19. The summed E-state index contributed by atoms with van der Waals surface area (Å²) in [4.78, 5) is 12.6. The lowest BCUT2D eigenvalue weighted by Gasteiger charge is -2.58. The molecule has 0 saturated heterocycles. The minimum atomic E-state index is -0.645. The fraction of sp³-hybridized carbons (Fsp3) is 0.500. The summed E-state index contributed by atoms with van der Waals surface area (Å²) in [5.74, 6) is -0.645. The summed E-state index contributed by atoms with van der Waals surface area (Å²) in [6.07, 6.45) is 5.41. The second kappa shape index (κ2) is 4.27. The monoisotopic (exact) mass is 326 g/mol. The van der Waals surface area contributed by atoms with Crippen LogP contribution in [0, 0.1) is 5.41 Å². The molecule has 1 spiro atoms. The molecule has 2 saturated carbocycles. The maximum Gasteiger partial charge on any atom is 0.320 e. The summed E-state index contributed by atoms with van der Waals surface area (Å²) in [7, 11) is 0. The van der Waals surface area contributed by atoms with Crippen molar-refractivity contribution in [2.75, 3.05) is 0 Å². The van der Waals surface area contributed by atoms with Gasteiger partial charge in [0.1, 0.15) is 4.75 Å². The molecule has 0 radical (unpaired) electrons. The van der Waals surface area contributed by atoms with Gasteiger partial charge in [-0.2, -0.15) is 0 Å². The number of hydrogen-bond acceptors (Lipinski definition) is 2. The smallest absolute Gasteiger partial charge is 0.320 e. The highest BCUT2D eigenvalue weighted by molar-refractivity contribution is 9.10. The summed E-state index contributed by atoms with van der Waals surface area (Å²) in [5.41, 5.74) is 0.376. The summed E-state index contributed by atoms with van der Waals surface area (Å²) >= 11 is 4.92. The van der Waals surface area contributed by atoms with Crippen LogP contribution < -0.4 is 0 Å². The number of carbonyl (C=O) groups is 1. The Labute approximate surface area is 119 Å². The van der Waals surface area contributed by atoms with E-state index in [4.69, 9.17) is 0 Å². The van der Waals surface area contributed by atoms with E-state index in [1.54, 1.807) is 0 Å². The van der Waals surface area contributed by atoms with Gasteiger partial charge in [0, 0.05) is 9.37 Å². The summed E-state index contributed by atoms with van der Waals surface area (Å²) < 4.78 is 0.453. The number of thioether (sulfide) groups is 1. The molecular formula is C14H15BrO2S. The van der Waals surface area contributed by atoms with E-state index in [0.29, 0.717) is 5.41 Å². The van der Waals surface area contributed by atoms with Gasteiger partial charge in [-0.15, -0.1) is 11.8 Å². The highest BCUT2D eigenvalue weighted by atomic mass is 79.9. The summed E-state index contributed by atoms with van der Waals surface area (Å²) in [6, 6.07) is 7.92. The average molecular weight is 327 g/mol. The molecule has 0 bridgehead atoms. The molecule has 0 atom stereocenters. The predicted octanol–water partition coefficient (Wildman–Crippen LogP) is 4.33. The van der Waals surface area contributed by atoms with Crippen molar-refractivity contribution in [1.29, 1.82) is 0 Å². The third kappa shape index (κ3) is 1.99. The highest BCUT2D eigenvalue weighted by Gasteiger charge is 2.61. The molecule has 0 aliphatic heterocycles. The molecule has 0 unspecified atom stereocenters. The van der Waals surface area contributed by atoms with Gasteiger partial charge in [0.25, 0.3) is 0 Å². The van der Waals surface area contributed by atoms with Crippen LogP contribution in [0.5, 0.6) is 0 Å². The van der Waals surface area contributed by atoms with E-state index in [0.717, 1.165) is 22.2 Å². The van der Waals surface area contributed by atoms with Crippen LogP contribution in [0.3, 0.4) is 0 Å². The first-order chi connectivity index (χ1) is 8.54. The second-order valence-electron chi connectivity index (χ2n) is 5.56. The number of benzene rings is 1. The van der Waals surface area contributed by atoms with Crippen molar-refractivity contribution < 1.29 is 9.90 Å². The molecule has 0 heterocycles. The second-order valence-corrected chi connectivity index (χ2v) is 7.94. The third-order valence-corrected chi connectivity index (χ3v) is 6.14. The van der Waals surface area contributed by atoms with Crippen LogP contribution in [0.1, 0.15) is 32.1 Å². The zero-order valence-corrected chi connectivity index (χ0v) is 12.4. The van der Waals surface area contributed by atoms with E-state index in [1.807, 2.05) is 24.3 Å². The Morgan fingerprint density at radius 3 is 2.28 bits per heavy atom. The number of hydrogen-bond donors (Lipinski definition) is 1. The Bertz CT molecular complexity index is 471. The van der Waals surface area contributed by atoms with Crippen LogP contribution >= 0.6 is 27.7 Å². The largest absolute Gasteiger partial charge is 0.480 e. The van der Waals surface area contributed by atoms with Gasteiger partial charge in [0.05, 0.1) is 0 Å². The van der Waals surface area contributed by atoms with Crippen molar-refractivity contribution in [3.8, 4) is 0 Å². The topological polar surface area (TPSA) is 37.3 Å². The predicted molar refractivity (Wildman–Crippen MR) is 75.9 cm³/mol. The van der Waals surface area contributed by atoms with Crippen LogP contribution in [0.2, 0.25) is 0 Å². The maximum atomic E-state index is 11.6. The van der Waals surface area contributed by atoms with Crippen molar-refractivity contribution in [2.45, 2.75) is 41.7 Å². The Morgan fingerprint density at radius 2 is 1.83 bits per heavy atom. The number of carboxylic acids is 1. The zero-order chi connectivity index (χ0) is 12.8. The van der Waals surface area contributed by atoms with Crippen molar-refractivity contribution in [3.63, 3.8) is 0 Å². The highest BCUT2D eigenvalue weighted by Crippen LogP contribution is 2.65. The average Bonchev–Trinajstić information content (AvgIpc) is 2.22. The Balaban J connectivity index is 1.76. The molecule has 0 aromatic heterocycles. The number of carboxylic acid groups (broad SMARTS) is 1. The van der Waals surface area contributed by atoms with Crippen LogP contribution in [0.15, 0.2) is 33.6 Å². The van der Waals surface area contributed by atoms with Gasteiger partial charge in [-0.05, 0) is 55.4 Å². The maximum absolute atomic E-state index is 11.6. The number of halogens is 1. The lowest BCUT2D eigenvalue weighted by atomic mass is 9.51. The van der Waals surface area contributed by atoms with E-state index in [2.05, 4.69) is 15.9 Å². The summed E-state index contributed by atoms with van der Waals surface area (Å²) in [6.45, 7) is 0. The van der Waals surface area contributed by atoms with E-state index in [1.165, 1.54) is 31.0 Å². The third-order valence-electron chi connectivity index (χ3n) is 4.25. The number of rotatable bonds is 3. The molecular weight excluding hydrogens is 312 g/mol. The first-order valence-corrected chi connectivity index (χ1v) is 7.83. The lowest BCUT2D eigenvalue weighted by molar-refractivity contribution is -0.149. The quantitative estimate of drug-likeness (QED) is 0.898. The molecule has 18 heavy (non-hydrogen) atoms. The van der Waals surface area contributed by atoms with Crippen LogP contribution in [0.25, 0.3) is 0 Å². The molecule has 2 aliphatic carbocycles. The zero-order valence-electron chi connectivity index (χ0n) is 9.99. The standard InChI is InChI=1S/C14H15BrO2S/c15-10-2-4-11(5-3-10)18-14(12(16)17)8-13(9-14)6-1-7-13/h2-5H,1,6-9H2,(H,16,17). The van der Waals surface area contributed by atoms with Crippen molar-refractivity contribution >= 4 is 33.7 Å². The van der Waals surface area contributed by atoms with Crippen molar-refractivity contribution in [3.05, 3.63) is 28.7 Å². The van der Waals surface area contributed by atoms with Crippen LogP contribution in [-0.2, 0) is 4.79 Å². The minimum Gasteiger partial charge on any atom is -0.480 e. The van der Waals surface area contributed by atoms with Gasteiger partial charge in [0.2, 0.25) is 0 Å². The molecule has 96 valence electrons. The van der Waals surface area contributed by atoms with Gasteiger partial charge >= 0.3 is 5.97 Å². The molecule has 1 aromatic rings. The molecule has 2 nitrogen and oxygen atoms in total. The van der Waals surface area contributed by atoms with Crippen molar-refractivity contribution in [2.24, 2.45) is 5.41 Å². The fourth-order valence-corrected chi connectivity index (χ4v) is 5.02. The summed E-state index contributed by atoms with van der Waals surface area (Å²) in [5, 5.41) is 9.52. The number of aliphatic carboxylic acids is 1. The Hall–Kier alpha value is -0.480. The van der Waals surface area contributed by atoms with Crippen LogP contribution in [-0.4, -0.2) is 15.8 Å². The van der Waals surface area contributed by atoms with Crippen molar-refractivity contribution in [1.82, 2.24) is 0 Å². The van der Waals surface area contributed by atoms with Gasteiger partial charge in [-0.25, -0.2) is 0 Å². The first-order valence-electron chi connectivity index (χ1n) is 6.22. The normalized spacial score (nSPS) is 23.2. The molecule has 1 aromatic carbocycles. The minimum absolute atomic E-state index is 0.376. The SMILES string of the molecule is O=C(O)C1(Sc2ccc(Br)cc2)CC2(CCC2)C1. The van der Waals surface area contributed by atoms with E-state index in [-0.39, 0.29) is 0 Å². The van der Waals surface area contributed by atoms with Gasteiger partial charge < -0.3 is 5.11 Å². The first kappa shape index (κ1) is 12.5. The molecule has 4 heteroatoms. The van der Waals surface area contributed by atoms with Crippen LogP contribution in [0.4, 0.5) is 0 Å². The van der Waals surface area contributed by atoms with E-state index in [9.17, 15) is 9.90 Å². The lowest BCUT2D eigenvalue weighted by Crippen LogP contribution is -2.57. The van der Waals surface area contributed by atoms with Gasteiger partial charge in [-0.3, -0.25) is 4.79 Å². The Kier molecular flexibility index (Phi) is 2.98. The molecule has 3 rings (SSSR count). The Morgan fingerprint density at radius 1 is 1.22 bits per heavy atom. The van der Waals surface area contributed by atoms with Gasteiger partial charge in [-0.1, -0.05) is 22.4 Å². The van der Waals surface area contributed by atoms with E-state index < -0.39 is 10.7 Å². The van der Waals surface area contributed by atoms with Gasteiger partial charge in [0.15, 0.2) is 0 Å². The molecule has 0 amide bonds. The molecule has 2 fully saturated rings. The molecule has 2 aliphatic rings. The van der Waals surface area contributed by atoms with E-state index >= 15 is 0 Å².